The number of methoxy groups -OCH3 is 1. The highest BCUT2D eigenvalue weighted by Crippen LogP contribution is 2.40. The van der Waals surface area contributed by atoms with E-state index >= 15 is 0 Å². The Morgan fingerprint density at radius 1 is 1.00 bits per heavy atom. The third-order valence-corrected chi connectivity index (χ3v) is 7.07. The van der Waals surface area contributed by atoms with Gasteiger partial charge in [-0.05, 0) is 48.2 Å². The fourth-order valence-electron chi connectivity index (χ4n) is 3.58. The zero-order valence-corrected chi connectivity index (χ0v) is 21.7. The molecule has 37 heavy (non-hydrogen) atoms. The van der Waals surface area contributed by atoms with Crippen LogP contribution in [0.2, 0.25) is 10.0 Å². The summed E-state index contributed by atoms with van der Waals surface area (Å²) in [5.41, 5.74) is 0.850. The van der Waals surface area contributed by atoms with Crippen LogP contribution in [0.25, 0.3) is 10.8 Å². The van der Waals surface area contributed by atoms with Crippen molar-refractivity contribution in [1.29, 1.82) is 0 Å². The standard InChI is InChI=1S/C25H19Cl2N3O6S/c1-13-9-19(27)22(37(33,34)35)12-20(13)29-30-23-16-6-4-3-5-14(16)10-17(24(23)31)25(32)28-15-7-8-18(26)21(11-15)36-2/h3-12,31H,1-2H3,(H,28,32)(H,33,34,35). The number of benzene rings is 4. The molecule has 0 aromatic heterocycles. The summed E-state index contributed by atoms with van der Waals surface area (Å²) < 4.78 is 37.9. The smallest absolute Gasteiger partial charge is 0.296 e. The third-order valence-electron chi connectivity index (χ3n) is 5.43. The van der Waals surface area contributed by atoms with Gasteiger partial charge in [0.15, 0.2) is 5.75 Å². The first-order valence-corrected chi connectivity index (χ1v) is 12.8. The zero-order valence-electron chi connectivity index (χ0n) is 19.4. The Hall–Kier alpha value is -3.70. The molecule has 4 aromatic rings. The molecule has 0 aliphatic carbocycles. The highest BCUT2D eigenvalue weighted by Gasteiger charge is 2.20. The van der Waals surface area contributed by atoms with Gasteiger partial charge < -0.3 is 15.2 Å². The second-order valence-corrected chi connectivity index (χ2v) is 10.1. The summed E-state index contributed by atoms with van der Waals surface area (Å²) in [6, 6.07) is 15.5. The summed E-state index contributed by atoms with van der Waals surface area (Å²) in [7, 11) is -3.16. The predicted molar refractivity (Wildman–Crippen MR) is 142 cm³/mol. The fraction of sp³-hybridized carbons (Fsp3) is 0.0800. The van der Waals surface area contributed by atoms with E-state index in [4.69, 9.17) is 27.9 Å². The molecule has 0 saturated heterocycles. The van der Waals surface area contributed by atoms with E-state index in [1.165, 1.54) is 25.3 Å². The maximum atomic E-state index is 13.1. The minimum atomic E-state index is -4.61. The van der Waals surface area contributed by atoms with E-state index in [9.17, 15) is 22.9 Å². The molecule has 0 saturated carbocycles. The molecule has 12 heteroatoms. The quantitative estimate of drug-likeness (QED) is 0.170. The first kappa shape index (κ1) is 26.4. The summed E-state index contributed by atoms with van der Waals surface area (Å²) in [5.74, 6) is -0.706. The van der Waals surface area contributed by atoms with Crippen molar-refractivity contribution in [2.24, 2.45) is 10.2 Å². The number of anilines is 1. The molecule has 0 atom stereocenters. The minimum absolute atomic E-state index is 0.0142. The van der Waals surface area contributed by atoms with E-state index in [1.54, 1.807) is 43.3 Å². The van der Waals surface area contributed by atoms with Gasteiger partial charge in [0.1, 0.15) is 16.3 Å². The number of phenolic OH excluding ortho intramolecular Hbond substituents is 1. The monoisotopic (exact) mass is 559 g/mol. The number of carbonyl (C=O) groups is 1. The SMILES string of the molecule is COc1cc(NC(=O)c2cc3ccccc3c(N=Nc3cc(S(=O)(=O)O)c(Cl)cc3C)c2O)ccc1Cl. The van der Waals surface area contributed by atoms with E-state index in [0.29, 0.717) is 32.8 Å². The van der Waals surface area contributed by atoms with Crippen LogP contribution in [0.5, 0.6) is 11.5 Å². The van der Waals surface area contributed by atoms with Crippen molar-refractivity contribution in [3.8, 4) is 11.5 Å². The number of phenols is 1. The molecule has 0 heterocycles. The maximum absolute atomic E-state index is 13.1. The number of hydrogen-bond donors (Lipinski definition) is 3. The molecule has 4 rings (SSSR count). The Bertz CT molecular complexity index is 1690. The Morgan fingerprint density at radius 3 is 2.43 bits per heavy atom. The number of aromatic hydroxyl groups is 1. The normalized spacial score (nSPS) is 11.7. The first-order valence-electron chi connectivity index (χ1n) is 10.6. The molecule has 9 nitrogen and oxygen atoms in total. The van der Waals surface area contributed by atoms with Crippen LogP contribution in [0.3, 0.4) is 0 Å². The zero-order chi connectivity index (χ0) is 26.9. The molecule has 4 aromatic carbocycles. The topological polar surface area (TPSA) is 138 Å². The first-order chi connectivity index (χ1) is 17.5. The number of amides is 1. The van der Waals surface area contributed by atoms with Gasteiger partial charge in [-0.25, -0.2) is 0 Å². The third kappa shape index (κ3) is 5.52. The molecule has 0 spiro atoms. The lowest BCUT2D eigenvalue weighted by Crippen LogP contribution is -2.12. The van der Waals surface area contributed by atoms with Gasteiger partial charge in [-0.15, -0.1) is 5.11 Å². The number of halogens is 2. The fourth-order valence-corrected chi connectivity index (χ4v) is 4.85. The van der Waals surface area contributed by atoms with Crippen molar-refractivity contribution >= 4 is 67.1 Å². The Labute approximate surface area is 222 Å². The second-order valence-electron chi connectivity index (χ2n) is 7.89. The molecule has 190 valence electrons. The van der Waals surface area contributed by atoms with Crippen LogP contribution in [0.15, 0.2) is 75.8 Å². The van der Waals surface area contributed by atoms with Crippen molar-refractivity contribution in [2.45, 2.75) is 11.8 Å². The van der Waals surface area contributed by atoms with Crippen LogP contribution in [-0.4, -0.2) is 31.1 Å². The summed E-state index contributed by atoms with van der Waals surface area (Å²) >= 11 is 12.0. The molecule has 0 bridgehead atoms. The molecule has 0 fully saturated rings. The van der Waals surface area contributed by atoms with Crippen molar-refractivity contribution in [2.75, 3.05) is 12.4 Å². The van der Waals surface area contributed by atoms with Gasteiger partial charge in [0, 0.05) is 17.1 Å². The Kier molecular flexibility index (Phi) is 7.37. The predicted octanol–water partition coefficient (Wildman–Crippen LogP) is 7.08. The minimum Gasteiger partial charge on any atom is -0.505 e. The number of aryl methyl sites for hydroxylation is 1. The van der Waals surface area contributed by atoms with Gasteiger partial charge in [-0.3, -0.25) is 9.35 Å². The molecule has 3 N–H and O–H groups in total. The summed E-state index contributed by atoms with van der Waals surface area (Å²) in [6.45, 7) is 1.62. The Morgan fingerprint density at radius 2 is 1.73 bits per heavy atom. The van der Waals surface area contributed by atoms with Crippen LogP contribution in [0, 0.1) is 6.92 Å². The second kappa shape index (κ2) is 10.3. The van der Waals surface area contributed by atoms with Gasteiger partial charge >= 0.3 is 0 Å². The number of hydrogen-bond acceptors (Lipinski definition) is 7. The number of nitrogens with one attached hydrogen (secondary N) is 1. The lowest BCUT2D eigenvalue weighted by Gasteiger charge is -2.12. The van der Waals surface area contributed by atoms with E-state index in [0.717, 1.165) is 6.07 Å². The van der Waals surface area contributed by atoms with E-state index in [1.807, 2.05) is 0 Å². The number of carbonyl (C=O) groups excluding carboxylic acids is 1. The molecule has 0 radical (unpaired) electrons. The molecule has 0 unspecified atom stereocenters. The van der Waals surface area contributed by atoms with Crippen LogP contribution in [0.1, 0.15) is 15.9 Å². The van der Waals surface area contributed by atoms with Crippen LogP contribution < -0.4 is 10.1 Å². The van der Waals surface area contributed by atoms with Gasteiger partial charge in [0.25, 0.3) is 16.0 Å². The maximum Gasteiger partial charge on any atom is 0.296 e. The average Bonchev–Trinajstić information content (AvgIpc) is 2.84. The highest BCUT2D eigenvalue weighted by molar-refractivity contribution is 7.86. The van der Waals surface area contributed by atoms with Crippen LogP contribution >= 0.6 is 23.2 Å². The molecule has 0 aliphatic rings. The molecule has 0 aliphatic heterocycles. The number of azo groups is 1. The average molecular weight is 560 g/mol. The van der Waals surface area contributed by atoms with Crippen LogP contribution in [0.4, 0.5) is 17.1 Å². The van der Waals surface area contributed by atoms with Crippen molar-refractivity contribution in [3.05, 3.63) is 81.8 Å². The number of nitrogens with zero attached hydrogens (tertiary/aromatic N) is 2. The van der Waals surface area contributed by atoms with E-state index in [-0.39, 0.29) is 22.0 Å². The Balaban J connectivity index is 1.80. The van der Waals surface area contributed by atoms with Crippen molar-refractivity contribution in [3.63, 3.8) is 0 Å². The lowest BCUT2D eigenvalue weighted by atomic mass is 10.0. The summed E-state index contributed by atoms with van der Waals surface area (Å²) in [6.07, 6.45) is 0. The number of rotatable bonds is 6. The van der Waals surface area contributed by atoms with Gasteiger partial charge in [-0.2, -0.15) is 13.5 Å². The van der Waals surface area contributed by atoms with Gasteiger partial charge in [-0.1, -0.05) is 47.5 Å². The van der Waals surface area contributed by atoms with E-state index < -0.39 is 26.7 Å². The van der Waals surface area contributed by atoms with Gasteiger partial charge in [0.2, 0.25) is 0 Å². The van der Waals surface area contributed by atoms with Crippen LogP contribution in [-0.2, 0) is 10.1 Å². The summed E-state index contributed by atoms with van der Waals surface area (Å²) in [4.78, 5) is 12.6. The number of ether oxygens (including phenoxy) is 1. The molecular formula is C25H19Cl2N3O6S. The molecule has 1 amide bonds. The number of fused-ring (bicyclic) bond motifs is 1. The summed E-state index contributed by atoms with van der Waals surface area (Å²) in [5, 5.41) is 23.2. The van der Waals surface area contributed by atoms with Crippen molar-refractivity contribution < 1.29 is 27.6 Å². The largest absolute Gasteiger partial charge is 0.505 e. The molecular weight excluding hydrogens is 541 g/mol. The highest BCUT2D eigenvalue weighted by atomic mass is 35.5. The van der Waals surface area contributed by atoms with Gasteiger partial charge in [0.05, 0.1) is 28.4 Å². The van der Waals surface area contributed by atoms with E-state index in [2.05, 4.69) is 15.5 Å². The van der Waals surface area contributed by atoms with Crippen molar-refractivity contribution in [1.82, 2.24) is 0 Å². The lowest BCUT2D eigenvalue weighted by molar-refractivity contribution is 0.102.